The molecule has 0 N–H and O–H groups in total. The monoisotopic (exact) mass is 207 g/mol. The molecule has 0 fully saturated rings. The van der Waals surface area contributed by atoms with Crippen molar-refractivity contribution in [3.8, 4) is 0 Å². The molecule has 0 bridgehead atoms. The minimum absolute atomic E-state index is 0.528. The standard InChI is InChI=1S/C13H23N2/c1-8(2)12-10(5)13(9(3)4)15(7)14-11(12)6/h8-9H,1-7H3/q+1. The number of hydrogen-bond acceptors (Lipinski definition) is 1. The van der Waals surface area contributed by atoms with Gasteiger partial charge in [-0.15, -0.1) is 0 Å². The van der Waals surface area contributed by atoms with E-state index in [1.54, 1.807) is 0 Å². The molecular weight excluding hydrogens is 184 g/mol. The fourth-order valence-corrected chi connectivity index (χ4v) is 2.64. The first kappa shape index (κ1) is 12.2. The van der Waals surface area contributed by atoms with E-state index in [0.29, 0.717) is 11.8 Å². The highest BCUT2D eigenvalue weighted by molar-refractivity contribution is 5.33. The molecule has 1 heterocycles. The molecule has 0 atom stereocenters. The molecule has 0 saturated carbocycles. The van der Waals surface area contributed by atoms with Gasteiger partial charge in [0.25, 0.3) is 0 Å². The SMILES string of the molecule is Cc1n[n+](C)c(C(C)C)c(C)c1C(C)C. The maximum atomic E-state index is 4.59. The van der Waals surface area contributed by atoms with E-state index in [9.17, 15) is 0 Å². The average Bonchev–Trinajstić information content (AvgIpc) is 1.99. The molecule has 0 spiro atoms. The Morgan fingerprint density at radius 3 is 1.93 bits per heavy atom. The van der Waals surface area contributed by atoms with Crippen LogP contribution in [0.2, 0.25) is 0 Å². The highest BCUT2D eigenvalue weighted by Crippen LogP contribution is 2.25. The largest absolute Gasteiger partial charge is 0.213 e. The van der Waals surface area contributed by atoms with Gasteiger partial charge in [0.15, 0.2) is 7.05 Å². The molecule has 0 radical (unpaired) electrons. The Bertz CT molecular complexity index is 333. The van der Waals surface area contributed by atoms with Crippen LogP contribution < -0.4 is 4.68 Å². The predicted octanol–water partition coefficient (Wildman–Crippen LogP) is 2.77. The van der Waals surface area contributed by atoms with Crippen molar-refractivity contribution in [3.05, 3.63) is 22.5 Å². The van der Waals surface area contributed by atoms with E-state index in [-0.39, 0.29) is 0 Å². The summed E-state index contributed by atoms with van der Waals surface area (Å²) < 4.78 is 2.03. The fraction of sp³-hybridized carbons (Fsp3) is 0.692. The molecule has 2 heteroatoms. The Morgan fingerprint density at radius 2 is 1.53 bits per heavy atom. The van der Waals surface area contributed by atoms with Gasteiger partial charge >= 0.3 is 0 Å². The summed E-state index contributed by atoms with van der Waals surface area (Å²) in [4.78, 5) is 0. The first-order valence-electron chi connectivity index (χ1n) is 5.73. The van der Waals surface area contributed by atoms with Crippen molar-refractivity contribution < 1.29 is 4.68 Å². The normalized spacial score (nSPS) is 11.5. The first-order chi connectivity index (χ1) is 6.86. The lowest BCUT2D eigenvalue weighted by Gasteiger charge is -2.14. The minimum atomic E-state index is 0.528. The van der Waals surface area contributed by atoms with Crippen molar-refractivity contribution in [1.82, 2.24) is 5.10 Å². The summed E-state index contributed by atoms with van der Waals surface area (Å²) in [5.41, 5.74) is 5.34. The zero-order chi connectivity index (χ0) is 11.7. The maximum Gasteiger partial charge on any atom is 0.213 e. The lowest BCUT2D eigenvalue weighted by molar-refractivity contribution is -0.739. The van der Waals surface area contributed by atoms with Gasteiger partial charge in [-0.05, 0) is 30.4 Å². The Morgan fingerprint density at radius 1 is 1.00 bits per heavy atom. The van der Waals surface area contributed by atoms with E-state index in [0.717, 1.165) is 5.69 Å². The topological polar surface area (TPSA) is 16.8 Å². The molecule has 15 heavy (non-hydrogen) atoms. The molecule has 0 aromatic carbocycles. The molecule has 2 nitrogen and oxygen atoms in total. The van der Waals surface area contributed by atoms with Crippen LogP contribution in [0.1, 0.15) is 62.0 Å². The van der Waals surface area contributed by atoms with Crippen molar-refractivity contribution in [2.24, 2.45) is 7.05 Å². The molecule has 1 rings (SSSR count). The summed E-state index contributed by atoms with van der Waals surface area (Å²) >= 11 is 0. The smallest absolute Gasteiger partial charge is 0.0904 e. The number of nitrogens with zero attached hydrogens (tertiary/aromatic N) is 2. The highest BCUT2D eigenvalue weighted by atomic mass is 15.3. The van der Waals surface area contributed by atoms with E-state index in [2.05, 4.69) is 46.6 Å². The van der Waals surface area contributed by atoms with E-state index in [4.69, 9.17) is 0 Å². The van der Waals surface area contributed by atoms with Gasteiger partial charge in [0.2, 0.25) is 5.69 Å². The fourth-order valence-electron chi connectivity index (χ4n) is 2.64. The summed E-state index contributed by atoms with van der Waals surface area (Å²) in [6.45, 7) is 13.3. The Balaban J connectivity index is 3.49. The quantitative estimate of drug-likeness (QED) is 0.681. The first-order valence-corrected chi connectivity index (χ1v) is 5.73. The van der Waals surface area contributed by atoms with Crippen LogP contribution in [0.3, 0.4) is 0 Å². The number of aromatic nitrogens is 2. The summed E-state index contributed by atoms with van der Waals surface area (Å²) in [6, 6.07) is 0. The summed E-state index contributed by atoms with van der Waals surface area (Å²) in [5.74, 6) is 1.08. The van der Waals surface area contributed by atoms with Gasteiger partial charge in [0.1, 0.15) is 5.69 Å². The number of aryl methyl sites for hydroxylation is 2. The molecule has 1 aromatic rings. The molecule has 0 aliphatic heterocycles. The van der Waals surface area contributed by atoms with Crippen molar-refractivity contribution in [2.75, 3.05) is 0 Å². The second-order valence-electron chi connectivity index (χ2n) is 4.94. The van der Waals surface area contributed by atoms with E-state index < -0.39 is 0 Å². The Labute approximate surface area is 93.3 Å². The maximum absolute atomic E-state index is 4.59. The van der Waals surface area contributed by atoms with Crippen LogP contribution in [0.4, 0.5) is 0 Å². The minimum Gasteiger partial charge on any atom is -0.0904 e. The van der Waals surface area contributed by atoms with Crippen LogP contribution in [0.15, 0.2) is 0 Å². The van der Waals surface area contributed by atoms with Crippen LogP contribution >= 0.6 is 0 Å². The van der Waals surface area contributed by atoms with Gasteiger partial charge in [-0.2, -0.15) is 0 Å². The molecule has 0 saturated heterocycles. The number of rotatable bonds is 2. The Hall–Kier alpha value is -0.920. The summed E-state index contributed by atoms with van der Waals surface area (Å²) in [5, 5.41) is 4.59. The average molecular weight is 207 g/mol. The summed E-state index contributed by atoms with van der Waals surface area (Å²) in [7, 11) is 2.04. The molecular formula is C13H23N2+. The third kappa shape index (κ3) is 2.19. The third-order valence-corrected chi connectivity index (χ3v) is 2.95. The van der Waals surface area contributed by atoms with Crippen LogP contribution in [0.25, 0.3) is 0 Å². The zero-order valence-corrected chi connectivity index (χ0v) is 11.0. The molecule has 0 amide bonds. The van der Waals surface area contributed by atoms with Gasteiger partial charge in [-0.1, -0.05) is 32.4 Å². The number of hydrogen-bond donors (Lipinski definition) is 0. The molecule has 84 valence electrons. The van der Waals surface area contributed by atoms with Gasteiger partial charge in [-0.25, -0.2) is 0 Å². The Kier molecular flexibility index (Phi) is 3.48. The molecule has 0 unspecified atom stereocenters. The van der Waals surface area contributed by atoms with Crippen LogP contribution in [0.5, 0.6) is 0 Å². The highest BCUT2D eigenvalue weighted by Gasteiger charge is 2.23. The zero-order valence-electron chi connectivity index (χ0n) is 11.0. The second kappa shape index (κ2) is 4.30. The van der Waals surface area contributed by atoms with Crippen LogP contribution in [0, 0.1) is 13.8 Å². The van der Waals surface area contributed by atoms with E-state index in [1.807, 2.05) is 11.7 Å². The van der Waals surface area contributed by atoms with Crippen molar-refractivity contribution >= 4 is 0 Å². The van der Waals surface area contributed by atoms with E-state index in [1.165, 1.54) is 16.8 Å². The predicted molar refractivity (Wildman–Crippen MR) is 63.1 cm³/mol. The lowest BCUT2D eigenvalue weighted by Crippen LogP contribution is -2.41. The second-order valence-corrected chi connectivity index (χ2v) is 4.94. The van der Waals surface area contributed by atoms with Gasteiger partial charge < -0.3 is 0 Å². The molecule has 0 aliphatic rings. The third-order valence-electron chi connectivity index (χ3n) is 2.95. The van der Waals surface area contributed by atoms with Gasteiger partial charge in [0, 0.05) is 11.5 Å². The molecule has 1 aromatic heterocycles. The van der Waals surface area contributed by atoms with E-state index >= 15 is 0 Å². The van der Waals surface area contributed by atoms with Crippen molar-refractivity contribution in [2.45, 2.75) is 53.4 Å². The van der Waals surface area contributed by atoms with Crippen molar-refractivity contribution in [1.29, 1.82) is 0 Å². The van der Waals surface area contributed by atoms with Crippen LogP contribution in [-0.2, 0) is 7.05 Å². The van der Waals surface area contributed by atoms with Gasteiger partial charge in [0.05, 0.1) is 0 Å². The summed E-state index contributed by atoms with van der Waals surface area (Å²) in [6.07, 6.45) is 0. The van der Waals surface area contributed by atoms with Crippen molar-refractivity contribution in [3.63, 3.8) is 0 Å². The van der Waals surface area contributed by atoms with Gasteiger partial charge in [-0.3, -0.25) is 0 Å². The van der Waals surface area contributed by atoms with Crippen LogP contribution in [-0.4, -0.2) is 5.10 Å². The lowest BCUT2D eigenvalue weighted by atomic mass is 9.93. The molecule has 0 aliphatic carbocycles.